The summed E-state index contributed by atoms with van der Waals surface area (Å²) in [7, 11) is 1.67. The maximum absolute atomic E-state index is 12.6. The highest BCUT2D eigenvalue weighted by Crippen LogP contribution is 2.30. The fourth-order valence-electron chi connectivity index (χ4n) is 3.53. The Morgan fingerprint density at radius 2 is 1.80 bits per heavy atom. The minimum Gasteiger partial charge on any atom is -0.359 e. The van der Waals surface area contributed by atoms with Crippen LogP contribution in [-0.4, -0.2) is 42.9 Å². The lowest BCUT2D eigenvalue weighted by Crippen LogP contribution is -2.51. The van der Waals surface area contributed by atoms with Crippen LogP contribution in [0.5, 0.6) is 0 Å². The number of nitrogens with one attached hydrogen (secondary N) is 1. The van der Waals surface area contributed by atoms with E-state index in [0.717, 1.165) is 32.1 Å². The van der Waals surface area contributed by atoms with Crippen LogP contribution in [0.25, 0.3) is 0 Å². The molecule has 114 valence electrons. The summed E-state index contributed by atoms with van der Waals surface area (Å²) in [5.74, 6) is 0.777. The largest absolute Gasteiger partial charge is 0.359 e. The maximum Gasteiger partial charge on any atom is 0.227 e. The van der Waals surface area contributed by atoms with Gasteiger partial charge in [0, 0.05) is 32.1 Å². The number of hydrogen-bond acceptors (Lipinski definition) is 3. The summed E-state index contributed by atoms with van der Waals surface area (Å²) in [4.78, 5) is 26.1. The van der Waals surface area contributed by atoms with E-state index in [2.05, 4.69) is 12.2 Å². The Labute approximate surface area is 121 Å². The molecule has 2 rings (SSSR count). The lowest BCUT2D eigenvalue weighted by Gasteiger charge is -2.38. The van der Waals surface area contributed by atoms with Gasteiger partial charge in [-0.05, 0) is 31.6 Å². The summed E-state index contributed by atoms with van der Waals surface area (Å²) in [6, 6.07) is -0.00656. The van der Waals surface area contributed by atoms with Crippen LogP contribution in [0.4, 0.5) is 0 Å². The molecule has 5 heteroatoms. The Hall–Kier alpha value is -1.10. The Morgan fingerprint density at radius 3 is 2.40 bits per heavy atom. The van der Waals surface area contributed by atoms with Crippen LogP contribution in [0.15, 0.2) is 0 Å². The van der Waals surface area contributed by atoms with Crippen molar-refractivity contribution in [3.05, 3.63) is 0 Å². The monoisotopic (exact) mass is 281 g/mol. The van der Waals surface area contributed by atoms with Crippen LogP contribution in [0.2, 0.25) is 0 Å². The van der Waals surface area contributed by atoms with Gasteiger partial charge >= 0.3 is 0 Å². The molecule has 1 heterocycles. The van der Waals surface area contributed by atoms with Crippen molar-refractivity contribution in [3.8, 4) is 0 Å². The van der Waals surface area contributed by atoms with Gasteiger partial charge in [0.05, 0.1) is 5.92 Å². The highest BCUT2D eigenvalue weighted by Gasteiger charge is 2.36. The summed E-state index contributed by atoms with van der Waals surface area (Å²) < 4.78 is 0. The van der Waals surface area contributed by atoms with E-state index in [0.29, 0.717) is 19.0 Å². The van der Waals surface area contributed by atoms with E-state index >= 15 is 0 Å². The SMILES string of the molecule is CNC(=O)C1CCN(C(=O)C2CCCC(C)C2N)CC1. The van der Waals surface area contributed by atoms with Crippen LogP contribution < -0.4 is 11.1 Å². The van der Waals surface area contributed by atoms with Crippen molar-refractivity contribution >= 4 is 11.8 Å². The summed E-state index contributed by atoms with van der Waals surface area (Å²) >= 11 is 0. The number of nitrogens with two attached hydrogens (primary N) is 1. The van der Waals surface area contributed by atoms with Gasteiger partial charge < -0.3 is 16.0 Å². The molecule has 1 saturated heterocycles. The molecular weight excluding hydrogens is 254 g/mol. The quantitative estimate of drug-likeness (QED) is 0.783. The molecule has 2 aliphatic rings. The van der Waals surface area contributed by atoms with Gasteiger partial charge in [0.15, 0.2) is 0 Å². The van der Waals surface area contributed by atoms with Gasteiger partial charge in [0.1, 0.15) is 0 Å². The topological polar surface area (TPSA) is 75.4 Å². The second-order valence-corrected chi connectivity index (χ2v) is 6.31. The van der Waals surface area contributed by atoms with E-state index in [9.17, 15) is 9.59 Å². The third kappa shape index (κ3) is 3.14. The van der Waals surface area contributed by atoms with Crippen molar-refractivity contribution in [3.63, 3.8) is 0 Å². The zero-order valence-electron chi connectivity index (χ0n) is 12.6. The molecule has 1 aliphatic heterocycles. The van der Waals surface area contributed by atoms with Gasteiger partial charge in [-0.2, -0.15) is 0 Å². The van der Waals surface area contributed by atoms with Crippen molar-refractivity contribution in [1.82, 2.24) is 10.2 Å². The highest BCUT2D eigenvalue weighted by atomic mass is 16.2. The van der Waals surface area contributed by atoms with E-state index in [1.165, 1.54) is 0 Å². The Morgan fingerprint density at radius 1 is 1.15 bits per heavy atom. The first-order valence-electron chi connectivity index (χ1n) is 7.80. The van der Waals surface area contributed by atoms with Crippen molar-refractivity contribution in [2.24, 2.45) is 23.5 Å². The van der Waals surface area contributed by atoms with Crippen molar-refractivity contribution in [2.75, 3.05) is 20.1 Å². The molecule has 1 aliphatic carbocycles. The molecule has 2 fully saturated rings. The third-order valence-corrected chi connectivity index (χ3v) is 5.04. The normalized spacial score (nSPS) is 31.9. The van der Waals surface area contributed by atoms with Gasteiger partial charge in [-0.1, -0.05) is 13.3 Å². The number of carbonyl (C=O) groups is 2. The lowest BCUT2D eigenvalue weighted by atomic mass is 9.77. The average Bonchev–Trinajstić information content (AvgIpc) is 2.48. The number of rotatable bonds is 2. The molecule has 0 aromatic carbocycles. The fourth-order valence-corrected chi connectivity index (χ4v) is 3.53. The molecule has 0 spiro atoms. The van der Waals surface area contributed by atoms with Gasteiger partial charge in [-0.15, -0.1) is 0 Å². The third-order valence-electron chi connectivity index (χ3n) is 5.04. The predicted octanol–water partition coefficient (Wildman–Crippen LogP) is 0.735. The molecule has 1 saturated carbocycles. The van der Waals surface area contributed by atoms with Crippen LogP contribution in [0, 0.1) is 17.8 Å². The number of hydrogen-bond donors (Lipinski definition) is 2. The van der Waals surface area contributed by atoms with Crippen LogP contribution in [0.3, 0.4) is 0 Å². The van der Waals surface area contributed by atoms with E-state index in [-0.39, 0.29) is 29.7 Å². The van der Waals surface area contributed by atoms with E-state index in [1.54, 1.807) is 7.05 Å². The van der Waals surface area contributed by atoms with Crippen molar-refractivity contribution in [2.45, 2.75) is 45.1 Å². The number of nitrogens with zero attached hydrogens (tertiary/aromatic N) is 1. The van der Waals surface area contributed by atoms with Crippen LogP contribution in [0.1, 0.15) is 39.0 Å². The molecule has 2 amide bonds. The molecule has 0 radical (unpaired) electrons. The molecule has 20 heavy (non-hydrogen) atoms. The first-order valence-corrected chi connectivity index (χ1v) is 7.80. The first-order chi connectivity index (χ1) is 9.54. The molecule has 3 atom stereocenters. The molecule has 3 N–H and O–H groups in total. The molecule has 3 unspecified atom stereocenters. The zero-order chi connectivity index (χ0) is 14.7. The minimum atomic E-state index is -0.0182. The average molecular weight is 281 g/mol. The van der Waals surface area contributed by atoms with Gasteiger partial charge in [-0.25, -0.2) is 0 Å². The molecular formula is C15H27N3O2. The first kappa shape index (κ1) is 15.3. The fraction of sp³-hybridized carbons (Fsp3) is 0.867. The number of likely N-dealkylation sites (tertiary alicyclic amines) is 1. The van der Waals surface area contributed by atoms with Gasteiger partial charge in [-0.3, -0.25) is 9.59 Å². The minimum absolute atomic E-state index is 0.00656. The van der Waals surface area contributed by atoms with E-state index in [4.69, 9.17) is 5.73 Å². The van der Waals surface area contributed by atoms with E-state index in [1.807, 2.05) is 4.90 Å². The van der Waals surface area contributed by atoms with Crippen LogP contribution >= 0.6 is 0 Å². The molecule has 0 aromatic heterocycles. The summed E-state index contributed by atoms with van der Waals surface area (Å²) in [5, 5.41) is 2.69. The Bertz CT molecular complexity index is 364. The summed E-state index contributed by atoms with van der Waals surface area (Å²) in [6.45, 7) is 3.52. The Balaban J connectivity index is 1.90. The standard InChI is InChI=1S/C15H27N3O2/c1-10-4-3-5-12(13(10)16)15(20)18-8-6-11(7-9-18)14(19)17-2/h10-13H,3-9,16H2,1-2H3,(H,17,19). The number of piperidine rings is 1. The van der Waals surface area contributed by atoms with Gasteiger partial charge in [0.25, 0.3) is 0 Å². The molecule has 5 nitrogen and oxygen atoms in total. The lowest BCUT2D eigenvalue weighted by molar-refractivity contribution is -0.141. The second-order valence-electron chi connectivity index (χ2n) is 6.31. The predicted molar refractivity (Wildman–Crippen MR) is 77.9 cm³/mol. The number of carbonyl (C=O) groups excluding carboxylic acids is 2. The summed E-state index contributed by atoms with van der Waals surface area (Å²) in [5.41, 5.74) is 6.22. The van der Waals surface area contributed by atoms with Crippen molar-refractivity contribution in [1.29, 1.82) is 0 Å². The van der Waals surface area contributed by atoms with Crippen LogP contribution in [-0.2, 0) is 9.59 Å². The van der Waals surface area contributed by atoms with Crippen molar-refractivity contribution < 1.29 is 9.59 Å². The summed E-state index contributed by atoms with van der Waals surface area (Å²) in [6.07, 6.45) is 4.68. The highest BCUT2D eigenvalue weighted by molar-refractivity contribution is 5.81. The van der Waals surface area contributed by atoms with Gasteiger partial charge in [0.2, 0.25) is 11.8 Å². The zero-order valence-corrected chi connectivity index (χ0v) is 12.6. The number of amides is 2. The molecule has 0 aromatic rings. The smallest absolute Gasteiger partial charge is 0.227 e. The maximum atomic E-state index is 12.6. The van der Waals surface area contributed by atoms with E-state index < -0.39 is 0 Å². The second kappa shape index (κ2) is 6.57. The Kier molecular flexibility index (Phi) is 5.02. The molecule has 0 bridgehead atoms.